The molecule has 0 unspecified atom stereocenters. The highest BCUT2D eigenvalue weighted by atomic mass is 15.3. The van der Waals surface area contributed by atoms with E-state index in [0.717, 1.165) is 25.5 Å². The van der Waals surface area contributed by atoms with E-state index in [1.807, 2.05) is 12.4 Å². The Morgan fingerprint density at radius 1 is 1.21 bits per heavy atom. The molecule has 1 aromatic heterocycles. The van der Waals surface area contributed by atoms with Crippen LogP contribution in [0.2, 0.25) is 0 Å². The Kier molecular flexibility index (Phi) is 2.84. The number of hydrogen-bond acceptors (Lipinski definition) is 3. The normalized spacial score (nSPS) is 20.1. The highest BCUT2D eigenvalue weighted by molar-refractivity contribution is 4.91. The Morgan fingerprint density at radius 2 is 1.93 bits per heavy atom. The summed E-state index contributed by atoms with van der Waals surface area (Å²) < 4.78 is 2.10. The van der Waals surface area contributed by atoms with Crippen molar-refractivity contribution in [2.24, 2.45) is 7.05 Å². The predicted octanol–water partition coefficient (Wildman–Crippen LogP) is 0.167. The van der Waals surface area contributed by atoms with Gasteiger partial charge in [-0.2, -0.15) is 0 Å². The van der Waals surface area contributed by atoms with E-state index in [1.165, 1.54) is 13.1 Å². The van der Waals surface area contributed by atoms with Gasteiger partial charge >= 0.3 is 0 Å². The van der Waals surface area contributed by atoms with Gasteiger partial charge in [-0.1, -0.05) is 0 Å². The molecule has 2 rings (SSSR count). The number of nitrogens with zero attached hydrogens (tertiary/aromatic N) is 4. The van der Waals surface area contributed by atoms with Crippen LogP contribution >= 0.6 is 0 Å². The first-order valence-electron chi connectivity index (χ1n) is 5.13. The van der Waals surface area contributed by atoms with Crippen molar-refractivity contribution in [3.8, 4) is 0 Å². The molecule has 0 saturated carbocycles. The first-order chi connectivity index (χ1) is 6.75. The minimum Gasteiger partial charge on any atom is -0.337 e. The lowest BCUT2D eigenvalue weighted by molar-refractivity contribution is 0.144. The van der Waals surface area contributed by atoms with Crippen LogP contribution in [0.4, 0.5) is 0 Å². The van der Waals surface area contributed by atoms with Gasteiger partial charge in [0, 0.05) is 45.6 Å². The summed E-state index contributed by atoms with van der Waals surface area (Å²) in [6, 6.07) is 0. The zero-order valence-corrected chi connectivity index (χ0v) is 8.98. The molecule has 1 aliphatic heterocycles. The molecule has 0 radical (unpaired) electrons. The van der Waals surface area contributed by atoms with Crippen molar-refractivity contribution >= 4 is 0 Å². The maximum Gasteiger partial charge on any atom is 0.122 e. The average molecular weight is 194 g/mol. The molecule has 78 valence electrons. The second-order valence-corrected chi connectivity index (χ2v) is 4.03. The van der Waals surface area contributed by atoms with Crippen LogP contribution in [0.1, 0.15) is 5.82 Å². The van der Waals surface area contributed by atoms with Crippen molar-refractivity contribution < 1.29 is 0 Å². The van der Waals surface area contributed by atoms with Crippen molar-refractivity contribution in [2.75, 3.05) is 33.2 Å². The lowest BCUT2D eigenvalue weighted by Gasteiger charge is -2.31. The second kappa shape index (κ2) is 4.11. The van der Waals surface area contributed by atoms with Crippen LogP contribution in [0, 0.1) is 0 Å². The van der Waals surface area contributed by atoms with Crippen LogP contribution in [-0.4, -0.2) is 52.6 Å². The largest absolute Gasteiger partial charge is 0.337 e. The van der Waals surface area contributed by atoms with E-state index < -0.39 is 0 Å². The average Bonchev–Trinajstić information content (AvgIpc) is 2.56. The standard InChI is InChI=1S/C10H18N4/c1-12-5-7-14(8-6-12)9-10-11-3-4-13(10)2/h3-4H,5-9H2,1-2H3. The summed E-state index contributed by atoms with van der Waals surface area (Å²) in [5, 5.41) is 0. The first kappa shape index (κ1) is 9.68. The van der Waals surface area contributed by atoms with Crippen molar-refractivity contribution in [1.82, 2.24) is 19.4 Å². The predicted molar refractivity (Wildman–Crippen MR) is 56.0 cm³/mol. The summed E-state index contributed by atoms with van der Waals surface area (Å²) in [5.41, 5.74) is 0. The van der Waals surface area contributed by atoms with Crippen molar-refractivity contribution in [2.45, 2.75) is 6.54 Å². The Hall–Kier alpha value is -0.870. The Morgan fingerprint density at radius 3 is 2.50 bits per heavy atom. The zero-order valence-electron chi connectivity index (χ0n) is 8.98. The fraction of sp³-hybridized carbons (Fsp3) is 0.700. The summed E-state index contributed by atoms with van der Waals surface area (Å²) in [6.45, 7) is 5.64. The molecule has 1 saturated heterocycles. The molecule has 0 bridgehead atoms. The molecular formula is C10H18N4. The number of likely N-dealkylation sites (N-methyl/N-ethyl adjacent to an activating group) is 1. The van der Waals surface area contributed by atoms with E-state index in [2.05, 4.69) is 33.4 Å². The van der Waals surface area contributed by atoms with Crippen molar-refractivity contribution in [1.29, 1.82) is 0 Å². The fourth-order valence-corrected chi connectivity index (χ4v) is 1.75. The summed E-state index contributed by atoms with van der Waals surface area (Å²) >= 11 is 0. The molecule has 1 fully saturated rings. The van der Waals surface area contributed by atoms with Crippen molar-refractivity contribution in [3.63, 3.8) is 0 Å². The third kappa shape index (κ3) is 2.13. The molecule has 0 amide bonds. The Labute approximate surface area is 85.1 Å². The van der Waals surface area contributed by atoms with Gasteiger partial charge in [0.05, 0.1) is 6.54 Å². The summed E-state index contributed by atoms with van der Waals surface area (Å²) in [5.74, 6) is 1.16. The van der Waals surface area contributed by atoms with Crippen LogP contribution < -0.4 is 0 Å². The van der Waals surface area contributed by atoms with Crippen LogP contribution in [0.15, 0.2) is 12.4 Å². The summed E-state index contributed by atoms with van der Waals surface area (Å²) in [6.07, 6.45) is 3.87. The number of imidazole rings is 1. The molecule has 0 N–H and O–H groups in total. The van der Waals surface area contributed by atoms with Gasteiger partial charge in [-0.15, -0.1) is 0 Å². The van der Waals surface area contributed by atoms with Crippen LogP contribution in [0.3, 0.4) is 0 Å². The van der Waals surface area contributed by atoms with Gasteiger partial charge < -0.3 is 9.47 Å². The second-order valence-electron chi connectivity index (χ2n) is 4.03. The molecule has 0 aliphatic carbocycles. The molecule has 2 heterocycles. The number of rotatable bonds is 2. The molecule has 4 heteroatoms. The smallest absolute Gasteiger partial charge is 0.122 e. The van der Waals surface area contributed by atoms with Gasteiger partial charge in [-0.25, -0.2) is 4.98 Å². The lowest BCUT2D eigenvalue weighted by Crippen LogP contribution is -2.44. The van der Waals surface area contributed by atoms with Gasteiger partial charge in [0.25, 0.3) is 0 Å². The minimum absolute atomic E-state index is 0.983. The maximum absolute atomic E-state index is 4.34. The van der Waals surface area contributed by atoms with E-state index in [-0.39, 0.29) is 0 Å². The van der Waals surface area contributed by atoms with E-state index in [4.69, 9.17) is 0 Å². The molecule has 14 heavy (non-hydrogen) atoms. The highest BCUT2D eigenvalue weighted by Crippen LogP contribution is 2.04. The van der Waals surface area contributed by atoms with Gasteiger partial charge in [0.15, 0.2) is 0 Å². The van der Waals surface area contributed by atoms with E-state index in [9.17, 15) is 0 Å². The Balaban J connectivity index is 1.89. The molecule has 0 aromatic carbocycles. The fourth-order valence-electron chi connectivity index (χ4n) is 1.75. The monoisotopic (exact) mass is 194 g/mol. The van der Waals surface area contributed by atoms with Crippen LogP contribution in [0.5, 0.6) is 0 Å². The molecule has 1 aliphatic rings. The molecule has 0 atom stereocenters. The van der Waals surface area contributed by atoms with Crippen LogP contribution in [0.25, 0.3) is 0 Å². The topological polar surface area (TPSA) is 24.3 Å². The molecule has 4 nitrogen and oxygen atoms in total. The van der Waals surface area contributed by atoms with Gasteiger partial charge in [-0.3, -0.25) is 4.90 Å². The highest BCUT2D eigenvalue weighted by Gasteiger charge is 2.14. The summed E-state index contributed by atoms with van der Waals surface area (Å²) in [4.78, 5) is 9.17. The van der Waals surface area contributed by atoms with Gasteiger partial charge in [0.2, 0.25) is 0 Å². The van der Waals surface area contributed by atoms with Gasteiger partial charge in [-0.05, 0) is 7.05 Å². The summed E-state index contributed by atoms with van der Waals surface area (Å²) in [7, 11) is 4.23. The molecular weight excluding hydrogens is 176 g/mol. The lowest BCUT2D eigenvalue weighted by atomic mass is 10.3. The zero-order chi connectivity index (χ0) is 9.97. The van der Waals surface area contributed by atoms with Gasteiger partial charge in [0.1, 0.15) is 5.82 Å². The molecule has 1 aromatic rings. The number of aromatic nitrogens is 2. The van der Waals surface area contributed by atoms with Crippen LogP contribution in [-0.2, 0) is 13.6 Å². The van der Waals surface area contributed by atoms with E-state index in [0.29, 0.717) is 0 Å². The number of piperazine rings is 1. The number of hydrogen-bond donors (Lipinski definition) is 0. The van der Waals surface area contributed by atoms with E-state index >= 15 is 0 Å². The quantitative estimate of drug-likeness (QED) is 0.670. The maximum atomic E-state index is 4.34. The third-order valence-electron chi connectivity index (χ3n) is 2.88. The Bertz CT molecular complexity index is 286. The minimum atomic E-state index is 0.983. The number of aryl methyl sites for hydroxylation is 1. The van der Waals surface area contributed by atoms with E-state index in [1.54, 1.807) is 0 Å². The third-order valence-corrected chi connectivity index (χ3v) is 2.88. The SMILES string of the molecule is CN1CCN(Cc2nccn2C)CC1. The van der Waals surface area contributed by atoms with Crippen molar-refractivity contribution in [3.05, 3.63) is 18.2 Å². The molecule has 0 spiro atoms. The first-order valence-corrected chi connectivity index (χ1v) is 5.13.